The summed E-state index contributed by atoms with van der Waals surface area (Å²) < 4.78 is 16.1. The molecule has 0 radical (unpaired) electrons. The number of amides is 1. The summed E-state index contributed by atoms with van der Waals surface area (Å²) in [5.41, 5.74) is 1.62. The van der Waals surface area contributed by atoms with Gasteiger partial charge in [-0.2, -0.15) is 0 Å². The molecule has 0 saturated heterocycles. The molecule has 1 aromatic rings. The Bertz CT molecular complexity index is 449. The van der Waals surface area contributed by atoms with E-state index in [1.165, 1.54) is 0 Å². The van der Waals surface area contributed by atoms with Crippen molar-refractivity contribution in [2.45, 2.75) is 32.1 Å². The fourth-order valence-corrected chi connectivity index (χ4v) is 1.95. The topological polar surface area (TPSA) is 77.0 Å². The van der Waals surface area contributed by atoms with Crippen molar-refractivity contribution in [1.82, 2.24) is 5.48 Å². The number of hydrogen-bond donors (Lipinski definition) is 2. The monoisotopic (exact) mass is 281 g/mol. The molecule has 0 aromatic heterocycles. The summed E-state index contributed by atoms with van der Waals surface area (Å²) in [6.07, 6.45) is 3.99. The Morgan fingerprint density at radius 1 is 1.20 bits per heavy atom. The lowest BCUT2D eigenvalue weighted by atomic mass is 10.1. The van der Waals surface area contributed by atoms with Gasteiger partial charge in [-0.3, -0.25) is 10.0 Å². The van der Waals surface area contributed by atoms with Crippen molar-refractivity contribution in [2.75, 3.05) is 13.4 Å². The maximum Gasteiger partial charge on any atom is 0.243 e. The molecule has 1 aliphatic heterocycles. The SMILES string of the molecule is O=C(CCCCCCOc1ccc2c(c1)OCO2)NO. The summed E-state index contributed by atoms with van der Waals surface area (Å²) in [6.45, 7) is 0.895. The number of carbonyl (C=O) groups is 1. The number of rotatable bonds is 8. The van der Waals surface area contributed by atoms with Crippen molar-refractivity contribution in [3.05, 3.63) is 18.2 Å². The van der Waals surface area contributed by atoms with Crippen molar-refractivity contribution in [2.24, 2.45) is 0 Å². The first-order valence-corrected chi connectivity index (χ1v) is 6.75. The van der Waals surface area contributed by atoms with Crippen molar-refractivity contribution in [3.8, 4) is 17.2 Å². The molecule has 0 aliphatic carbocycles. The fourth-order valence-electron chi connectivity index (χ4n) is 1.95. The highest BCUT2D eigenvalue weighted by atomic mass is 16.7. The maximum absolute atomic E-state index is 10.8. The average Bonchev–Trinajstić information content (AvgIpc) is 2.93. The van der Waals surface area contributed by atoms with Gasteiger partial charge in [-0.15, -0.1) is 0 Å². The van der Waals surface area contributed by atoms with Crippen molar-refractivity contribution >= 4 is 5.91 Å². The van der Waals surface area contributed by atoms with Gasteiger partial charge in [0.05, 0.1) is 6.61 Å². The Kier molecular flexibility index (Phi) is 5.49. The first-order chi connectivity index (χ1) is 9.79. The minimum absolute atomic E-state index is 0.264. The van der Waals surface area contributed by atoms with Crippen LogP contribution in [0.4, 0.5) is 0 Å². The molecule has 6 heteroatoms. The van der Waals surface area contributed by atoms with Gasteiger partial charge < -0.3 is 14.2 Å². The van der Waals surface area contributed by atoms with Gasteiger partial charge in [-0.05, 0) is 25.0 Å². The maximum atomic E-state index is 10.8. The lowest BCUT2D eigenvalue weighted by Gasteiger charge is -2.06. The van der Waals surface area contributed by atoms with E-state index in [9.17, 15) is 4.79 Å². The molecule has 0 unspecified atom stereocenters. The van der Waals surface area contributed by atoms with E-state index in [1.807, 2.05) is 18.2 Å². The Hall–Kier alpha value is -1.95. The zero-order valence-electron chi connectivity index (χ0n) is 11.3. The largest absolute Gasteiger partial charge is 0.493 e. The van der Waals surface area contributed by atoms with Crippen molar-refractivity contribution in [1.29, 1.82) is 0 Å². The van der Waals surface area contributed by atoms with Crippen molar-refractivity contribution < 1.29 is 24.2 Å². The summed E-state index contributed by atoms with van der Waals surface area (Å²) in [4.78, 5) is 10.8. The molecule has 0 atom stereocenters. The molecule has 1 amide bonds. The molecular weight excluding hydrogens is 262 g/mol. The van der Waals surface area contributed by atoms with Gasteiger partial charge in [0.25, 0.3) is 0 Å². The minimum Gasteiger partial charge on any atom is -0.493 e. The molecule has 0 spiro atoms. The molecule has 1 heterocycles. The molecule has 2 rings (SSSR count). The van der Waals surface area contributed by atoms with Crippen molar-refractivity contribution in [3.63, 3.8) is 0 Å². The molecule has 6 nitrogen and oxygen atoms in total. The smallest absolute Gasteiger partial charge is 0.243 e. The third-order valence-electron chi connectivity index (χ3n) is 3.04. The highest BCUT2D eigenvalue weighted by molar-refractivity contribution is 5.74. The van der Waals surface area contributed by atoms with Crippen LogP contribution in [0.2, 0.25) is 0 Å². The second-order valence-electron chi connectivity index (χ2n) is 4.56. The van der Waals surface area contributed by atoms with Crippen LogP contribution in [0, 0.1) is 0 Å². The Labute approximate surface area is 117 Å². The number of unbranched alkanes of at least 4 members (excludes halogenated alkanes) is 3. The molecule has 1 aromatic carbocycles. The second-order valence-corrected chi connectivity index (χ2v) is 4.56. The highest BCUT2D eigenvalue weighted by Gasteiger charge is 2.13. The number of hydroxylamine groups is 1. The second kappa shape index (κ2) is 7.59. The molecule has 2 N–H and O–H groups in total. The number of nitrogens with one attached hydrogen (secondary N) is 1. The van der Waals surface area contributed by atoms with E-state index in [0.717, 1.165) is 42.9 Å². The fraction of sp³-hybridized carbons (Fsp3) is 0.500. The van der Waals surface area contributed by atoms with Gasteiger partial charge in [0, 0.05) is 12.5 Å². The van der Waals surface area contributed by atoms with Gasteiger partial charge in [-0.1, -0.05) is 12.8 Å². The van der Waals surface area contributed by atoms with Gasteiger partial charge in [0.15, 0.2) is 11.5 Å². The van der Waals surface area contributed by atoms with E-state index in [0.29, 0.717) is 13.0 Å². The lowest BCUT2D eigenvalue weighted by molar-refractivity contribution is -0.129. The number of hydrogen-bond acceptors (Lipinski definition) is 5. The third kappa shape index (κ3) is 4.31. The van der Waals surface area contributed by atoms with Gasteiger partial charge >= 0.3 is 0 Å². The van der Waals surface area contributed by atoms with Crippen LogP contribution in [-0.4, -0.2) is 24.5 Å². The highest BCUT2D eigenvalue weighted by Crippen LogP contribution is 2.35. The summed E-state index contributed by atoms with van der Waals surface area (Å²) in [7, 11) is 0. The standard InChI is InChI=1S/C14H19NO5/c16-14(15-17)5-3-1-2-4-8-18-11-6-7-12-13(9-11)20-10-19-12/h6-7,9,17H,1-5,8,10H2,(H,15,16). The van der Waals surface area contributed by atoms with Crippen LogP contribution in [-0.2, 0) is 4.79 Å². The molecule has 0 fully saturated rings. The first-order valence-electron chi connectivity index (χ1n) is 6.75. The lowest BCUT2D eigenvalue weighted by Crippen LogP contribution is -2.17. The number of carbonyl (C=O) groups excluding carboxylic acids is 1. The number of ether oxygens (including phenoxy) is 3. The Morgan fingerprint density at radius 2 is 2.00 bits per heavy atom. The van der Waals surface area contributed by atoms with Crippen LogP contribution in [0.15, 0.2) is 18.2 Å². The molecule has 0 saturated carbocycles. The van der Waals surface area contributed by atoms with Crippen LogP contribution in [0.1, 0.15) is 32.1 Å². The van der Waals surface area contributed by atoms with Gasteiger partial charge in [-0.25, -0.2) is 5.48 Å². The summed E-state index contributed by atoms with van der Waals surface area (Å²) >= 11 is 0. The molecule has 1 aliphatic rings. The summed E-state index contributed by atoms with van der Waals surface area (Å²) in [6, 6.07) is 5.53. The Balaban J connectivity index is 1.56. The van der Waals surface area contributed by atoms with Crippen LogP contribution in [0.25, 0.3) is 0 Å². The Morgan fingerprint density at radius 3 is 2.85 bits per heavy atom. The van der Waals surface area contributed by atoms with Crippen LogP contribution < -0.4 is 19.7 Å². The van der Waals surface area contributed by atoms with E-state index in [4.69, 9.17) is 19.4 Å². The molecule has 0 bridgehead atoms. The van der Waals surface area contributed by atoms with E-state index in [1.54, 1.807) is 5.48 Å². The van der Waals surface area contributed by atoms with Gasteiger partial charge in [0.2, 0.25) is 12.7 Å². The number of benzene rings is 1. The summed E-state index contributed by atoms with van der Waals surface area (Å²) in [5, 5.41) is 8.33. The molecule has 20 heavy (non-hydrogen) atoms. The van der Waals surface area contributed by atoms with E-state index >= 15 is 0 Å². The molecule has 110 valence electrons. The van der Waals surface area contributed by atoms with Crippen LogP contribution in [0.5, 0.6) is 17.2 Å². The summed E-state index contributed by atoms with van der Waals surface area (Å²) in [5.74, 6) is 1.91. The normalized spacial score (nSPS) is 12.2. The quantitative estimate of drug-likeness (QED) is 0.434. The van der Waals surface area contributed by atoms with Gasteiger partial charge in [0.1, 0.15) is 5.75 Å². The third-order valence-corrected chi connectivity index (χ3v) is 3.04. The van der Waals surface area contributed by atoms with E-state index in [2.05, 4.69) is 0 Å². The average molecular weight is 281 g/mol. The van der Waals surface area contributed by atoms with Crippen LogP contribution >= 0.6 is 0 Å². The minimum atomic E-state index is -0.332. The zero-order valence-corrected chi connectivity index (χ0v) is 11.3. The van der Waals surface area contributed by atoms with E-state index in [-0.39, 0.29) is 12.7 Å². The first kappa shape index (κ1) is 14.5. The zero-order chi connectivity index (χ0) is 14.2. The molecular formula is C14H19NO5. The van der Waals surface area contributed by atoms with E-state index < -0.39 is 0 Å². The van der Waals surface area contributed by atoms with Crippen LogP contribution in [0.3, 0.4) is 0 Å². The predicted octanol–water partition coefficient (Wildman–Crippen LogP) is 2.25. The number of fused-ring (bicyclic) bond motifs is 1. The predicted molar refractivity (Wildman–Crippen MR) is 71.1 cm³/mol.